The molecule has 0 fully saturated rings. The molecule has 0 aromatic heterocycles. The highest BCUT2D eigenvalue weighted by Crippen LogP contribution is 2.38. The Labute approximate surface area is 104 Å². The van der Waals surface area contributed by atoms with Gasteiger partial charge in [0.15, 0.2) is 11.5 Å². The SMILES string of the molecule is COCC(=O)Nc1cc2c(cc1N)OCO2.Cl. The number of nitrogens with two attached hydrogens (primary N) is 1. The van der Waals surface area contributed by atoms with E-state index in [2.05, 4.69) is 5.32 Å². The van der Waals surface area contributed by atoms with Gasteiger partial charge in [-0.2, -0.15) is 0 Å². The molecule has 1 aromatic carbocycles. The molecule has 94 valence electrons. The normalized spacial score (nSPS) is 11.8. The molecule has 3 N–H and O–H groups in total. The Balaban J connectivity index is 0.00000144. The van der Waals surface area contributed by atoms with Crippen LogP contribution in [-0.2, 0) is 9.53 Å². The molecule has 6 nitrogen and oxygen atoms in total. The summed E-state index contributed by atoms with van der Waals surface area (Å²) in [5.74, 6) is 0.886. The van der Waals surface area contributed by atoms with Gasteiger partial charge in [0.25, 0.3) is 0 Å². The van der Waals surface area contributed by atoms with Crippen LogP contribution in [0.2, 0.25) is 0 Å². The first-order chi connectivity index (χ1) is 7.70. The van der Waals surface area contributed by atoms with Crippen LogP contribution in [0.15, 0.2) is 12.1 Å². The first-order valence-electron chi connectivity index (χ1n) is 4.68. The summed E-state index contributed by atoms with van der Waals surface area (Å²) < 4.78 is 15.0. The highest BCUT2D eigenvalue weighted by atomic mass is 35.5. The Morgan fingerprint density at radius 2 is 2.12 bits per heavy atom. The van der Waals surface area contributed by atoms with Crippen LogP contribution in [-0.4, -0.2) is 26.4 Å². The lowest BCUT2D eigenvalue weighted by Crippen LogP contribution is -2.17. The Hall–Kier alpha value is -1.66. The number of hydrogen-bond donors (Lipinski definition) is 2. The van der Waals surface area contributed by atoms with Gasteiger partial charge in [0.2, 0.25) is 12.7 Å². The van der Waals surface area contributed by atoms with E-state index in [0.29, 0.717) is 22.9 Å². The Kier molecular flexibility index (Phi) is 4.42. The van der Waals surface area contributed by atoms with E-state index in [-0.39, 0.29) is 31.7 Å². The summed E-state index contributed by atoms with van der Waals surface area (Å²) in [6, 6.07) is 3.25. The standard InChI is InChI=1S/C10H12N2O4.ClH/c1-14-4-10(13)12-7-3-9-8(2-6(7)11)15-5-16-9;/h2-3H,4-5,11H2,1H3,(H,12,13);1H. The zero-order chi connectivity index (χ0) is 11.5. The maximum absolute atomic E-state index is 11.3. The fourth-order valence-electron chi connectivity index (χ4n) is 1.38. The third-order valence-electron chi connectivity index (χ3n) is 2.09. The van der Waals surface area contributed by atoms with Crippen LogP contribution in [0.4, 0.5) is 11.4 Å². The molecule has 0 spiro atoms. The number of rotatable bonds is 3. The molecule has 2 rings (SSSR count). The number of methoxy groups -OCH3 is 1. The number of carbonyl (C=O) groups is 1. The van der Waals surface area contributed by atoms with Gasteiger partial charge in [-0.15, -0.1) is 12.4 Å². The molecule has 7 heteroatoms. The van der Waals surface area contributed by atoms with Crippen LogP contribution >= 0.6 is 12.4 Å². The molecular weight excluding hydrogens is 248 g/mol. The van der Waals surface area contributed by atoms with Crippen molar-refractivity contribution >= 4 is 29.7 Å². The van der Waals surface area contributed by atoms with Crippen molar-refractivity contribution in [3.8, 4) is 11.5 Å². The monoisotopic (exact) mass is 260 g/mol. The minimum atomic E-state index is -0.270. The minimum Gasteiger partial charge on any atom is -0.454 e. The smallest absolute Gasteiger partial charge is 0.250 e. The molecule has 17 heavy (non-hydrogen) atoms. The van der Waals surface area contributed by atoms with Crippen LogP contribution in [0.5, 0.6) is 11.5 Å². The van der Waals surface area contributed by atoms with Crippen molar-refractivity contribution in [1.29, 1.82) is 0 Å². The molecule has 0 atom stereocenters. The minimum absolute atomic E-state index is 0. The Morgan fingerprint density at radius 3 is 2.76 bits per heavy atom. The van der Waals surface area contributed by atoms with Crippen LogP contribution < -0.4 is 20.5 Å². The van der Waals surface area contributed by atoms with Crippen molar-refractivity contribution in [1.82, 2.24) is 0 Å². The van der Waals surface area contributed by atoms with E-state index < -0.39 is 0 Å². The van der Waals surface area contributed by atoms with Gasteiger partial charge in [-0.25, -0.2) is 0 Å². The molecule has 0 radical (unpaired) electrons. The molecule has 0 aliphatic carbocycles. The fourth-order valence-corrected chi connectivity index (χ4v) is 1.38. The summed E-state index contributed by atoms with van der Waals surface area (Å²) in [6.45, 7) is 0.151. The quantitative estimate of drug-likeness (QED) is 0.793. The summed E-state index contributed by atoms with van der Waals surface area (Å²) >= 11 is 0. The summed E-state index contributed by atoms with van der Waals surface area (Å²) in [7, 11) is 1.45. The van der Waals surface area contributed by atoms with E-state index in [9.17, 15) is 4.79 Å². The summed E-state index contributed by atoms with van der Waals surface area (Å²) in [6.07, 6.45) is 0. The number of ether oxygens (including phenoxy) is 3. The third-order valence-corrected chi connectivity index (χ3v) is 2.09. The van der Waals surface area contributed by atoms with Crippen LogP contribution in [0.3, 0.4) is 0 Å². The fraction of sp³-hybridized carbons (Fsp3) is 0.300. The number of hydrogen-bond acceptors (Lipinski definition) is 5. The number of nitrogens with one attached hydrogen (secondary N) is 1. The molecule has 0 saturated heterocycles. The van der Waals surface area contributed by atoms with E-state index >= 15 is 0 Å². The Bertz CT molecular complexity index is 425. The van der Waals surface area contributed by atoms with Gasteiger partial charge >= 0.3 is 0 Å². The van der Waals surface area contributed by atoms with Crippen molar-refractivity contribution in [3.63, 3.8) is 0 Å². The highest BCUT2D eigenvalue weighted by Gasteiger charge is 2.16. The van der Waals surface area contributed by atoms with Gasteiger partial charge in [0.05, 0.1) is 11.4 Å². The molecule has 0 saturated carbocycles. The van der Waals surface area contributed by atoms with E-state index in [1.165, 1.54) is 7.11 Å². The maximum Gasteiger partial charge on any atom is 0.250 e. The average molecular weight is 261 g/mol. The number of anilines is 2. The predicted octanol–water partition coefficient (Wildman–Crippen LogP) is 1.00. The van der Waals surface area contributed by atoms with Crippen LogP contribution in [0, 0.1) is 0 Å². The van der Waals surface area contributed by atoms with Gasteiger partial charge in [-0.05, 0) is 0 Å². The zero-order valence-electron chi connectivity index (χ0n) is 9.19. The summed E-state index contributed by atoms with van der Waals surface area (Å²) in [4.78, 5) is 11.3. The van der Waals surface area contributed by atoms with Crippen LogP contribution in [0.25, 0.3) is 0 Å². The van der Waals surface area contributed by atoms with Crippen molar-refractivity contribution < 1.29 is 19.0 Å². The topological polar surface area (TPSA) is 82.8 Å². The third kappa shape index (κ3) is 2.92. The van der Waals surface area contributed by atoms with Gasteiger partial charge in [0, 0.05) is 19.2 Å². The summed E-state index contributed by atoms with van der Waals surface area (Å²) in [5, 5.41) is 2.62. The second-order valence-corrected chi connectivity index (χ2v) is 3.27. The molecule has 1 aromatic rings. The second kappa shape index (κ2) is 5.60. The molecule has 1 amide bonds. The van der Waals surface area contributed by atoms with Gasteiger partial charge < -0.3 is 25.3 Å². The number of halogens is 1. The van der Waals surface area contributed by atoms with Gasteiger partial charge in [0.1, 0.15) is 6.61 Å². The second-order valence-electron chi connectivity index (χ2n) is 3.27. The predicted molar refractivity (Wildman–Crippen MR) is 64.7 cm³/mol. The summed E-state index contributed by atoms with van der Waals surface area (Å²) in [5.41, 5.74) is 6.66. The van der Waals surface area contributed by atoms with E-state index in [0.717, 1.165) is 0 Å². The molecule has 0 unspecified atom stereocenters. The number of nitrogen functional groups attached to an aromatic ring is 1. The molecule has 0 bridgehead atoms. The van der Waals surface area contributed by atoms with Crippen molar-refractivity contribution in [3.05, 3.63) is 12.1 Å². The largest absolute Gasteiger partial charge is 0.454 e. The molecule has 1 aliphatic rings. The first kappa shape index (κ1) is 13.4. The first-order valence-corrected chi connectivity index (χ1v) is 4.68. The Morgan fingerprint density at radius 1 is 1.47 bits per heavy atom. The van der Waals surface area contributed by atoms with E-state index in [4.69, 9.17) is 19.9 Å². The number of benzene rings is 1. The number of fused-ring (bicyclic) bond motifs is 1. The van der Waals surface area contributed by atoms with Crippen molar-refractivity contribution in [2.75, 3.05) is 31.6 Å². The van der Waals surface area contributed by atoms with Gasteiger partial charge in [-0.3, -0.25) is 4.79 Å². The van der Waals surface area contributed by atoms with E-state index in [1.807, 2.05) is 0 Å². The lowest BCUT2D eigenvalue weighted by Gasteiger charge is -2.08. The van der Waals surface area contributed by atoms with Crippen molar-refractivity contribution in [2.45, 2.75) is 0 Å². The van der Waals surface area contributed by atoms with Crippen LogP contribution in [0.1, 0.15) is 0 Å². The van der Waals surface area contributed by atoms with Crippen molar-refractivity contribution in [2.24, 2.45) is 0 Å². The maximum atomic E-state index is 11.3. The highest BCUT2D eigenvalue weighted by molar-refractivity contribution is 5.95. The lowest BCUT2D eigenvalue weighted by molar-refractivity contribution is -0.119. The molecule has 1 aliphatic heterocycles. The zero-order valence-corrected chi connectivity index (χ0v) is 10.0. The lowest BCUT2D eigenvalue weighted by atomic mass is 10.2. The number of carbonyl (C=O) groups excluding carboxylic acids is 1. The molecular formula is C10H13ClN2O4. The average Bonchev–Trinajstić information content (AvgIpc) is 2.65. The number of amides is 1. The van der Waals surface area contributed by atoms with Gasteiger partial charge in [-0.1, -0.05) is 0 Å². The van der Waals surface area contributed by atoms with E-state index in [1.54, 1.807) is 12.1 Å². The molecule has 1 heterocycles.